The summed E-state index contributed by atoms with van der Waals surface area (Å²) in [4.78, 5) is 36.2. The van der Waals surface area contributed by atoms with Gasteiger partial charge in [0, 0.05) is 19.6 Å². The third kappa shape index (κ3) is 4.57. The molecule has 0 aromatic heterocycles. The van der Waals surface area contributed by atoms with Crippen LogP contribution < -0.4 is 10.6 Å². The van der Waals surface area contributed by atoms with Crippen LogP contribution in [0.25, 0.3) is 0 Å². The molecule has 1 aliphatic heterocycles. The maximum atomic E-state index is 12.0. The van der Waals surface area contributed by atoms with Crippen LogP contribution in [0.4, 0.5) is 0 Å². The molecular weight excluding hydrogens is 262 g/mol. The summed E-state index contributed by atoms with van der Waals surface area (Å²) in [7, 11) is 0. The van der Waals surface area contributed by atoms with Crippen molar-refractivity contribution in [3.8, 4) is 0 Å². The molecule has 1 heterocycles. The third-order valence-corrected chi connectivity index (χ3v) is 3.41. The SMILES string of the molecule is CC(=O)C(NC(=O)CN1CCNCC1C(=O)O)C(C)C. The number of hydrogen-bond donors (Lipinski definition) is 3. The molecule has 0 saturated carbocycles. The van der Waals surface area contributed by atoms with Crippen molar-refractivity contribution < 1.29 is 19.5 Å². The maximum absolute atomic E-state index is 12.0. The largest absolute Gasteiger partial charge is 0.480 e. The number of carbonyl (C=O) groups excluding carboxylic acids is 2. The molecule has 7 heteroatoms. The molecule has 0 aromatic rings. The number of Topliss-reactive ketones (excluding diaryl/α,β-unsaturated/α-hetero) is 1. The van der Waals surface area contributed by atoms with Crippen molar-refractivity contribution in [3.05, 3.63) is 0 Å². The lowest BCUT2D eigenvalue weighted by Gasteiger charge is -2.33. The van der Waals surface area contributed by atoms with E-state index in [4.69, 9.17) is 5.11 Å². The molecule has 20 heavy (non-hydrogen) atoms. The molecule has 0 radical (unpaired) electrons. The van der Waals surface area contributed by atoms with E-state index in [9.17, 15) is 14.4 Å². The minimum absolute atomic E-state index is 0.00481. The van der Waals surface area contributed by atoms with E-state index < -0.39 is 18.1 Å². The highest BCUT2D eigenvalue weighted by Crippen LogP contribution is 2.05. The van der Waals surface area contributed by atoms with Crippen LogP contribution in [0.5, 0.6) is 0 Å². The number of nitrogens with zero attached hydrogens (tertiary/aromatic N) is 1. The highest BCUT2D eigenvalue weighted by molar-refractivity contribution is 5.88. The highest BCUT2D eigenvalue weighted by Gasteiger charge is 2.30. The minimum Gasteiger partial charge on any atom is -0.480 e. The number of ketones is 1. The molecule has 2 unspecified atom stereocenters. The number of carbonyl (C=O) groups is 3. The molecule has 3 N–H and O–H groups in total. The van der Waals surface area contributed by atoms with Crippen LogP contribution in [0.3, 0.4) is 0 Å². The van der Waals surface area contributed by atoms with E-state index in [1.165, 1.54) is 6.92 Å². The summed E-state index contributed by atoms with van der Waals surface area (Å²) in [6.07, 6.45) is 0. The number of carboxylic acid groups (broad SMARTS) is 1. The van der Waals surface area contributed by atoms with Gasteiger partial charge in [-0.2, -0.15) is 0 Å². The Balaban J connectivity index is 2.59. The first-order valence-corrected chi connectivity index (χ1v) is 6.80. The summed E-state index contributed by atoms with van der Waals surface area (Å²) in [5.74, 6) is -1.35. The second-order valence-electron chi connectivity index (χ2n) is 5.43. The fourth-order valence-electron chi connectivity index (χ4n) is 2.32. The van der Waals surface area contributed by atoms with Crippen molar-refractivity contribution in [2.24, 2.45) is 5.92 Å². The number of nitrogens with one attached hydrogen (secondary N) is 2. The van der Waals surface area contributed by atoms with Gasteiger partial charge in [-0.15, -0.1) is 0 Å². The monoisotopic (exact) mass is 285 g/mol. The first-order chi connectivity index (χ1) is 9.32. The Morgan fingerprint density at radius 2 is 2.05 bits per heavy atom. The lowest BCUT2D eigenvalue weighted by atomic mass is 10.0. The van der Waals surface area contributed by atoms with Crippen molar-refractivity contribution >= 4 is 17.7 Å². The molecule has 2 atom stereocenters. The number of hydrogen-bond acceptors (Lipinski definition) is 5. The van der Waals surface area contributed by atoms with E-state index in [0.29, 0.717) is 19.6 Å². The van der Waals surface area contributed by atoms with Gasteiger partial charge in [0.2, 0.25) is 5.91 Å². The number of amides is 1. The van der Waals surface area contributed by atoms with Crippen LogP contribution in [0.1, 0.15) is 20.8 Å². The number of carboxylic acids is 1. The van der Waals surface area contributed by atoms with E-state index in [-0.39, 0.29) is 24.2 Å². The molecule has 0 aromatic carbocycles. The summed E-state index contributed by atoms with van der Waals surface area (Å²) in [5.41, 5.74) is 0. The molecule has 1 fully saturated rings. The average molecular weight is 285 g/mol. The van der Waals surface area contributed by atoms with Crippen molar-refractivity contribution in [1.29, 1.82) is 0 Å². The fraction of sp³-hybridized carbons (Fsp3) is 0.769. The molecule has 114 valence electrons. The zero-order valence-electron chi connectivity index (χ0n) is 12.2. The van der Waals surface area contributed by atoms with E-state index in [2.05, 4.69) is 10.6 Å². The smallest absolute Gasteiger partial charge is 0.322 e. The van der Waals surface area contributed by atoms with Gasteiger partial charge in [0.1, 0.15) is 6.04 Å². The Bertz CT molecular complexity index is 384. The zero-order chi connectivity index (χ0) is 15.3. The van der Waals surface area contributed by atoms with Gasteiger partial charge in [0.05, 0.1) is 12.6 Å². The van der Waals surface area contributed by atoms with E-state index in [0.717, 1.165) is 0 Å². The first kappa shape index (κ1) is 16.6. The Labute approximate surface area is 118 Å². The predicted octanol–water partition coefficient (Wildman–Crippen LogP) is -0.925. The van der Waals surface area contributed by atoms with E-state index >= 15 is 0 Å². The van der Waals surface area contributed by atoms with Gasteiger partial charge in [-0.25, -0.2) is 0 Å². The number of rotatable bonds is 6. The van der Waals surface area contributed by atoms with Crippen LogP contribution in [-0.2, 0) is 14.4 Å². The van der Waals surface area contributed by atoms with Crippen molar-refractivity contribution in [1.82, 2.24) is 15.5 Å². The summed E-state index contributed by atoms with van der Waals surface area (Å²) < 4.78 is 0. The molecular formula is C13H23N3O4. The van der Waals surface area contributed by atoms with Crippen LogP contribution >= 0.6 is 0 Å². The number of aliphatic carboxylic acids is 1. The second kappa shape index (κ2) is 7.35. The van der Waals surface area contributed by atoms with Crippen molar-refractivity contribution in [3.63, 3.8) is 0 Å². The minimum atomic E-state index is -0.947. The van der Waals surface area contributed by atoms with Crippen LogP contribution in [0.15, 0.2) is 0 Å². The molecule has 0 spiro atoms. The van der Waals surface area contributed by atoms with E-state index in [1.807, 2.05) is 13.8 Å². The molecule has 1 rings (SSSR count). The Morgan fingerprint density at radius 1 is 1.40 bits per heavy atom. The van der Waals surface area contributed by atoms with Gasteiger partial charge < -0.3 is 15.7 Å². The standard InChI is InChI=1S/C13H23N3O4/c1-8(2)12(9(3)17)15-11(18)7-16-5-4-14-6-10(16)13(19)20/h8,10,12,14H,4-7H2,1-3H3,(H,15,18)(H,19,20). The van der Waals surface area contributed by atoms with Crippen molar-refractivity contribution in [2.45, 2.75) is 32.9 Å². The fourth-order valence-corrected chi connectivity index (χ4v) is 2.32. The van der Waals surface area contributed by atoms with Crippen LogP contribution in [0, 0.1) is 5.92 Å². The molecule has 1 amide bonds. The van der Waals surface area contributed by atoms with Gasteiger partial charge in [-0.1, -0.05) is 13.8 Å². The van der Waals surface area contributed by atoms with Crippen molar-refractivity contribution in [2.75, 3.05) is 26.2 Å². The normalized spacial score (nSPS) is 21.5. The van der Waals surface area contributed by atoms with Gasteiger partial charge in [0.15, 0.2) is 5.78 Å². The summed E-state index contributed by atoms with van der Waals surface area (Å²) in [6, 6.07) is -1.22. The highest BCUT2D eigenvalue weighted by atomic mass is 16.4. The van der Waals surface area contributed by atoms with Gasteiger partial charge >= 0.3 is 5.97 Å². The molecule has 1 aliphatic rings. The van der Waals surface area contributed by atoms with Crippen LogP contribution in [-0.4, -0.2) is 65.9 Å². The Morgan fingerprint density at radius 3 is 2.55 bits per heavy atom. The van der Waals surface area contributed by atoms with Crippen LogP contribution in [0.2, 0.25) is 0 Å². The van der Waals surface area contributed by atoms with E-state index in [1.54, 1.807) is 4.90 Å². The first-order valence-electron chi connectivity index (χ1n) is 6.80. The molecule has 0 bridgehead atoms. The van der Waals surface area contributed by atoms with Gasteiger partial charge in [0.25, 0.3) is 0 Å². The molecule has 7 nitrogen and oxygen atoms in total. The lowest BCUT2D eigenvalue weighted by Crippen LogP contribution is -2.58. The Hall–Kier alpha value is -1.47. The predicted molar refractivity (Wildman–Crippen MR) is 73.3 cm³/mol. The summed E-state index contributed by atoms with van der Waals surface area (Å²) in [6.45, 7) is 6.62. The number of piperazine rings is 1. The quantitative estimate of drug-likeness (QED) is 0.583. The zero-order valence-corrected chi connectivity index (χ0v) is 12.2. The third-order valence-electron chi connectivity index (χ3n) is 3.41. The van der Waals surface area contributed by atoms with Gasteiger partial charge in [-0.05, 0) is 12.8 Å². The molecule has 1 saturated heterocycles. The average Bonchev–Trinajstić information content (AvgIpc) is 2.35. The topological polar surface area (TPSA) is 98.7 Å². The maximum Gasteiger partial charge on any atom is 0.322 e. The van der Waals surface area contributed by atoms with Gasteiger partial charge in [-0.3, -0.25) is 19.3 Å². The Kier molecular flexibility index (Phi) is 6.09. The lowest BCUT2D eigenvalue weighted by molar-refractivity contribution is -0.144. The molecule has 0 aliphatic carbocycles. The summed E-state index contributed by atoms with van der Waals surface area (Å²) >= 11 is 0. The summed E-state index contributed by atoms with van der Waals surface area (Å²) in [5, 5.41) is 14.8. The second-order valence-corrected chi connectivity index (χ2v) is 5.43.